The molecule has 0 bridgehead atoms. The van der Waals surface area contributed by atoms with Crippen LogP contribution in [0.4, 0.5) is 8.78 Å². The summed E-state index contributed by atoms with van der Waals surface area (Å²) in [6, 6.07) is 3.71. The van der Waals surface area contributed by atoms with Crippen LogP contribution in [0.1, 0.15) is 17.2 Å². The third kappa shape index (κ3) is 3.37. The smallest absolute Gasteiger partial charge is 0.143 e. The van der Waals surface area contributed by atoms with Crippen LogP contribution in [0.3, 0.4) is 0 Å². The SMILES string of the molecule is COc1cnccc1C(Cc1c(F)ccc(Br)c1F)NN. The van der Waals surface area contributed by atoms with Gasteiger partial charge in [-0.25, -0.2) is 8.78 Å². The van der Waals surface area contributed by atoms with Gasteiger partial charge in [-0.3, -0.25) is 16.3 Å². The molecule has 1 unspecified atom stereocenters. The quantitative estimate of drug-likeness (QED) is 0.490. The van der Waals surface area contributed by atoms with Crippen LogP contribution in [0.2, 0.25) is 0 Å². The number of nitrogens with one attached hydrogen (secondary N) is 1. The van der Waals surface area contributed by atoms with E-state index in [1.165, 1.54) is 25.4 Å². The number of hydrazine groups is 1. The molecule has 1 aromatic heterocycles. The van der Waals surface area contributed by atoms with Gasteiger partial charge in [-0.05, 0) is 40.5 Å². The van der Waals surface area contributed by atoms with Crippen molar-refractivity contribution in [2.45, 2.75) is 12.5 Å². The summed E-state index contributed by atoms with van der Waals surface area (Å²) in [5, 5.41) is 0. The van der Waals surface area contributed by atoms with E-state index in [1.54, 1.807) is 12.3 Å². The number of benzene rings is 1. The van der Waals surface area contributed by atoms with Crippen LogP contribution in [0.5, 0.6) is 5.75 Å². The number of ether oxygens (including phenoxy) is 1. The van der Waals surface area contributed by atoms with E-state index in [-0.39, 0.29) is 16.5 Å². The maximum absolute atomic E-state index is 14.1. The Morgan fingerprint density at radius 3 is 2.81 bits per heavy atom. The Hall–Kier alpha value is -1.57. The average molecular weight is 358 g/mol. The molecular weight excluding hydrogens is 344 g/mol. The van der Waals surface area contributed by atoms with E-state index in [4.69, 9.17) is 10.6 Å². The van der Waals surface area contributed by atoms with Crippen molar-refractivity contribution in [3.8, 4) is 5.75 Å². The van der Waals surface area contributed by atoms with E-state index in [0.29, 0.717) is 11.3 Å². The third-order valence-corrected chi connectivity index (χ3v) is 3.77. The summed E-state index contributed by atoms with van der Waals surface area (Å²) in [5.74, 6) is 4.77. The molecule has 0 saturated heterocycles. The van der Waals surface area contributed by atoms with Gasteiger partial charge in [0, 0.05) is 17.3 Å². The Morgan fingerprint density at radius 1 is 1.38 bits per heavy atom. The Kier molecular flexibility index (Phi) is 5.22. The molecule has 0 amide bonds. The highest BCUT2D eigenvalue weighted by Gasteiger charge is 2.20. The molecule has 3 N–H and O–H groups in total. The molecule has 4 nitrogen and oxygen atoms in total. The lowest BCUT2D eigenvalue weighted by molar-refractivity contribution is 0.395. The van der Waals surface area contributed by atoms with Crippen LogP contribution in [-0.2, 0) is 6.42 Å². The maximum atomic E-state index is 14.1. The molecule has 0 aliphatic carbocycles. The first-order valence-electron chi connectivity index (χ1n) is 6.14. The molecule has 1 heterocycles. The average Bonchev–Trinajstić information content (AvgIpc) is 2.51. The number of aromatic nitrogens is 1. The summed E-state index contributed by atoms with van der Waals surface area (Å²) in [6.45, 7) is 0. The van der Waals surface area contributed by atoms with Crippen LogP contribution < -0.4 is 16.0 Å². The molecule has 2 rings (SSSR count). The van der Waals surface area contributed by atoms with Crippen molar-refractivity contribution in [3.05, 3.63) is 57.8 Å². The first kappa shape index (κ1) is 15.8. The predicted molar refractivity (Wildman–Crippen MR) is 78.6 cm³/mol. The van der Waals surface area contributed by atoms with Crippen molar-refractivity contribution in [1.82, 2.24) is 10.4 Å². The van der Waals surface area contributed by atoms with E-state index < -0.39 is 17.7 Å². The third-order valence-electron chi connectivity index (χ3n) is 3.16. The highest BCUT2D eigenvalue weighted by molar-refractivity contribution is 9.10. The van der Waals surface area contributed by atoms with Crippen molar-refractivity contribution in [2.75, 3.05) is 7.11 Å². The van der Waals surface area contributed by atoms with Crippen LogP contribution in [0.25, 0.3) is 0 Å². The lowest BCUT2D eigenvalue weighted by atomic mass is 9.99. The zero-order valence-corrected chi connectivity index (χ0v) is 12.8. The standard InChI is InChI=1S/C14H14BrF2N3O/c1-21-13-7-19-5-4-8(13)12(20-18)6-9-11(16)3-2-10(15)14(9)17/h2-5,7,12,20H,6,18H2,1H3. The molecule has 2 aromatic rings. The van der Waals surface area contributed by atoms with Crippen LogP contribution in [0.15, 0.2) is 35.1 Å². The Bertz CT molecular complexity index is 640. The van der Waals surface area contributed by atoms with Gasteiger partial charge in [0.25, 0.3) is 0 Å². The highest BCUT2D eigenvalue weighted by atomic mass is 79.9. The summed E-state index contributed by atoms with van der Waals surface area (Å²) >= 11 is 3.05. The summed E-state index contributed by atoms with van der Waals surface area (Å²) in [7, 11) is 1.49. The van der Waals surface area contributed by atoms with Gasteiger partial charge in [-0.1, -0.05) is 0 Å². The van der Waals surface area contributed by atoms with E-state index in [2.05, 4.69) is 26.3 Å². The number of halogens is 3. The second-order valence-electron chi connectivity index (χ2n) is 4.36. The van der Waals surface area contributed by atoms with E-state index >= 15 is 0 Å². The molecule has 7 heteroatoms. The van der Waals surface area contributed by atoms with Crippen LogP contribution in [0, 0.1) is 11.6 Å². The zero-order chi connectivity index (χ0) is 15.4. The number of rotatable bonds is 5. The fourth-order valence-electron chi connectivity index (χ4n) is 2.07. The van der Waals surface area contributed by atoms with Crippen molar-refractivity contribution < 1.29 is 13.5 Å². The van der Waals surface area contributed by atoms with Gasteiger partial charge < -0.3 is 4.74 Å². The lowest BCUT2D eigenvalue weighted by Gasteiger charge is -2.19. The number of nitrogens with zero attached hydrogens (tertiary/aromatic N) is 1. The summed E-state index contributed by atoms with van der Waals surface area (Å²) in [6.07, 6.45) is 3.12. The monoisotopic (exact) mass is 357 g/mol. The largest absolute Gasteiger partial charge is 0.495 e. The minimum Gasteiger partial charge on any atom is -0.495 e. The van der Waals surface area contributed by atoms with Gasteiger partial charge in [-0.15, -0.1) is 0 Å². The fourth-order valence-corrected chi connectivity index (χ4v) is 2.44. The van der Waals surface area contributed by atoms with Gasteiger partial charge in [-0.2, -0.15) is 0 Å². The van der Waals surface area contributed by atoms with E-state index in [9.17, 15) is 8.78 Å². The summed E-state index contributed by atoms with van der Waals surface area (Å²) in [4.78, 5) is 3.94. The summed E-state index contributed by atoms with van der Waals surface area (Å²) < 4.78 is 33.3. The lowest BCUT2D eigenvalue weighted by Crippen LogP contribution is -2.30. The molecule has 1 aromatic carbocycles. The van der Waals surface area contributed by atoms with Crippen LogP contribution >= 0.6 is 15.9 Å². The molecule has 0 radical (unpaired) electrons. The minimum atomic E-state index is -0.636. The molecule has 0 spiro atoms. The zero-order valence-electron chi connectivity index (χ0n) is 11.2. The Labute approximate surface area is 129 Å². The van der Waals surface area contributed by atoms with Gasteiger partial charge >= 0.3 is 0 Å². The molecule has 0 aliphatic rings. The number of nitrogens with two attached hydrogens (primary N) is 1. The van der Waals surface area contributed by atoms with Gasteiger partial charge in [0.1, 0.15) is 17.4 Å². The van der Waals surface area contributed by atoms with Crippen molar-refractivity contribution in [1.29, 1.82) is 0 Å². The van der Waals surface area contributed by atoms with Crippen LogP contribution in [-0.4, -0.2) is 12.1 Å². The maximum Gasteiger partial charge on any atom is 0.143 e. The van der Waals surface area contributed by atoms with Crippen molar-refractivity contribution in [3.63, 3.8) is 0 Å². The molecule has 0 saturated carbocycles. The Morgan fingerprint density at radius 2 is 2.14 bits per heavy atom. The van der Waals surface area contributed by atoms with Gasteiger partial charge in [0.15, 0.2) is 0 Å². The van der Waals surface area contributed by atoms with Gasteiger partial charge in [0.05, 0.1) is 23.8 Å². The predicted octanol–water partition coefficient (Wildman–Crippen LogP) is 2.88. The second-order valence-corrected chi connectivity index (χ2v) is 5.22. The molecular formula is C14H14BrF2N3O. The molecule has 21 heavy (non-hydrogen) atoms. The van der Waals surface area contributed by atoms with E-state index in [1.807, 2.05) is 0 Å². The Balaban J connectivity index is 2.38. The topological polar surface area (TPSA) is 60.2 Å². The molecule has 0 aliphatic heterocycles. The summed E-state index contributed by atoms with van der Waals surface area (Å²) in [5.41, 5.74) is 3.18. The molecule has 0 fully saturated rings. The minimum absolute atomic E-state index is 0.0357. The molecule has 112 valence electrons. The highest BCUT2D eigenvalue weighted by Crippen LogP contribution is 2.29. The first-order chi connectivity index (χ1) is 10.1. The van der Waals surface area contributed by atoms with Gasteiger partial charge in [0.2, 0.25) is 0 Å². The second kappa shape index (κ2) is 6.93. The number of methoxy groups -OCH3 is 1. The number of hydrogen-bond donors (Lipinski definition) is 2. The van der Waals surface area contributed by atoms with Crippen molar-refractivity contribution in [2.24, 2.45) is 5.84 Å². The number of pyridine rings is 1. The normalized spacial score (nSPS) is 12.2. The first-order valence-corrected chi connectivity index (χ1v) is 6.94. The molecule has 1 atom stereocenters. The van der Waals surface area contributed by atoms with Crippen molar-refractivity contribution >= 4 is 15.9 Å². The number of hydrogen-bond acceptors (Lipinski definition) is 4. The van der Waals surface area contributed by atoms with E-state index in [0.717, 1.165) is 0 Å². The fraction of sp³-hybridized carbons (Fsp3) is 0.214.